The first-order valence-electron chi connectivity index (χ1n) is 9.76. The molecule has 0 spiro atoms. The molecule has 0 aliphatic carbocycles. The van der Waals surface area contributed by atoms with E-state index in [1.54, 1.807) is 6.07 Å². The molecule has 1 saturated heterocycles. The quantitative estimate of drug-likeness (QED) is 0.603. The topological polar surface area (TPSA) is 102 Å². The van der Waals surface area contributed by atoms with E-state index in [9.17, 15) is 14.7 Å². The Morgan fingerprint density at radius 1 is 1.21 bits per heavy atom. The lowest BCUT2D eigenvalue weighted by Crippen LogP contribution is -2.38. The smallest absolute Gasteiger partial charge is 0.371 e. The van der Waals surface area contributed by atoms with Crippen molar-refractivity contribution in [1.82, 2.24) is 4.90 Å². The molecule has 1 aromatic carbocycles. The molecular weight excluding hydrogens is 378 g/mol. The molecule has 3 heterocycles. The molecule has 0 atom stereocenters. The van der Waals surface area contributed by atoms with E-state index in [4.69, 9.17) is 18.3 Å². The molecule has 1 N–H and O–H groups in total. The average molecular weight is 401 g/mol. The molecule has 0 saturated carbocycles. The van der Waals surface area contributed by atoms with Crippen molar-refractivity contribution in [3.8, 4) is 5.75 Å². The molecule has 4 rings (SSSR count). The first-order valence-corrected chi connectivity index (χ1v) is 9.76. The Kier molecular flexibility index (Phi) is 5.55. The summed E-state index contributed by atoms with van der Waals surface area (Å²) in [7, 11) is 0. The van der Waals surface area contributed by atoms with E-state index in [1.807, 2.05) is 6.92 Å². The van der Waals surface area contributed by atoms with E-state index in [0.29, 0.717) is 53.9 Å². The van der Waals surface area contributed by atoms with Crippen LogP contribution < -0.4 is 10.4 Å². The van der Waals surface area contributed by atoms with Crippen molar-refractivity contribution < 1.29 is 28.2 Å². The van der Waals surface area contributed by atoms with E-state index >= 15 is 0 Å². The molecule has 0 amide bonds. The highest BCUT2D eigenvalue weighted by Crippen LogP contribution is 2.37. The van der Waals surface area contributed by atoms with Crippen LogP contribution in [0.2, 0.25) is 0 Å². The number of hydrogen-bond donors (Lipinski definition) is 1. The van der Waals surface area contributed by atoms with Gasteiger partial charge in [-0.25, -0.2) is 9.59 Å². The van der Waals surface area contributed by atoms with Crippen LogP contribution in [0, 0.1) is 0 Å². The third kappa shape index (κ3) is 3.99. The summed E-state index contributed by atoms with van der Waals surface area (Å²) in [5.74, 6) is -0.870. The Balaban J connectivity index is 1.77. The first kappa shape index (κ1) is 19.5. The van der Waals surface area contributed by atoms with Gasteiger partial charge in [0.2, 0.25) is 5.76 Å². The van der Waals surface area contributed by atoms with Crippen LogP contribution in [0.3, 0.4) is 0 Å². The number of carboxylic acids is 1. The second-order valence-electron chi connectivity index (χ2n) is 7.05. The fourth-order valence-electron chi connectivity index (χ4n) is 3.68. The van der Waals surface area contributed by atoms with Gasteiger partial charge in [-0.3, -0.25) is 4.90 Å². The molecule has 0 radical (unpaired) electrons. The molecule has 1 aliphatic rings. The minimum absolute atomic E-state index is 0.213. The van der Waals surface area contributed by atoms with Gasteiger partial charge in [-0.15, -0.1) is 0 Å². The van der Waals surface area contributed by atoms with Gasteiger partial charge in [0, 0.05) is 37.8 Å². The summed E-state index contributed by atoms with van der Waals surface area (Å²) in [6.45, 7) is 6.35. The van der Waals surface area contributed by atoms with Crippen molar-refractivity contribution in [3.63, 3.8) is 0 Å². The fraction of sp³-hybridized carbons (Fsp3) is 0.429. The van der Waals surface area contributed by atoms with Crippen LogP contribution in [0.5, 0.6) is 5.75 Å². The number of hydrogen-bond acceptors (Lipinski definition) is 7. The Morgan fingerprint density at radius 2 is 2.00 bits per heavy atom. The maximum atomic E-state index is 12.1. The van der Waals surface area contributed by atoms with Crippen molar-refractivity contribution in [2.45, 2.75) is 19.8 Å². The largest absolute Gasteiger partial charge is 0.491 e. The zero-order valence-corrected chi connectivity index (χ0v) is 16.2. The molecule has 1 aliphatic heterocycles. The van der Waals surface area contributed by atoms with Gasteiger partial charge in [0.15, 0.2) is 5.58 Å². The van der Waals surface area contributed by atoms with Gasteiger partial charge in [0.25, 0.3) is 0 Å². The summed E-state index contributed by atoms with van der Waals surface area (Å²) in [4.78, 5) is 25.7. The van der Waals surface area contributed by atoms with Gasteiger partial charge in [0.1, 0.15) is 17.9 Å². The zero-order chi connectivity index (χ0) is 20.4. The second-order valence-corrected chi connectivity index (χ2v) is 7.05. The van der Waals surface area contributed by atoms with E-state index in [-0.39, 0.29) is 5.76 Å². The SMILES string of the molecule is CCCc1cc(=O)oc2c1c(OCCN1CCOCC1)cc1oc(C(=O)O)cc12. The maximum absolute atomic E-state index is 12.1. The summed E-state index contributed by atoms with van der Waals surface area (Å²) >= 11 is 0. The molecule has 8 heteroatoms. The highest BCUT2D eigenvalue weighted by molar-refractivity contribution is 6.08. The number of aromatic carboxylic acids is 1. The van der Waals surface area contributed by atoms with Gasteiger partial charge in [-0.05, 0) is 12.0 Å². The Hall–Kier alpha value is -2.84. The van der Waals surface area contributed by atoms with Crippen LogP contribution in [0.25, 0.3) is 21.9 Å². The number of aryl methyl sites for hydroxylation is 1. The molecule has 2 aromatic heterocycles. The highest BCUT2D eigenvalue weighted by atomic mass is 16.5. The van der Waals surface area contributed by atoms with Gasteiger partial charge in [-0.1, -0.05) is 13.3 Å². The van der Waals surface area contributed by atoms with Gasteiger partial charge < -0.3 is 23.4 Å². The zero-order valence-electron chi connectivity index (χ0n) is 16.2. The first-order chi connectivity index (χ1) is 14.1. The summed E-state index contributed by atoms with van der Waals surface area (Å²) < 4.78 is 22.4. The summed E-state index contributed by atoms with van der Waals surface area (Å²) in [5.41, 5.74) is 0.954. The number of nitrogens with zero attached hydrogens (tertiary/aromatic N) is 1. The van der Waals surface area contributed by atoms with E-state index in [1.165, 1.54) is 12.1 Å². The third-order valence-electron chi connectivity index (χ3n) is 5.06. The van der Waals surface area contributed by atoms with E-state index in [2.05, 4.69) is 4.90 Å². The average Bonchev–Trinajstić information content (AvgIpc) is 3.13. The number of carbonyl (C=O) groups is 1. The molecule has 0 bridgehead atoms. The lowest BCUT2D eigenvalue weighted by Gasteiger charge is -2.26. The predicted octanol–water partition coefficient (Wildman–Crippen LogP) is 2.90. The van der Waals surface area contributed by atoms with Crippen LogP contribution in [0.1, 0.15) is 29.5 Å². The van der Waals surface area contributed by atoms with Crippen molar-refractivity contribution in [3.05, 3.63) is 39.9 Å². The Labute approximate surface area is 166 Å². The number of benzene rings is 1. The number of ether oxygens (including phenoxy) is 2. The molecular formula is C21H23NO7. The lowest BCUT2D eigenvalue weighted by molar-refractivity contribution is 0.0323. The number of morpholine rings is 1. The van der Waals surface area contributed by atoms with Crippen LogP contribution in [0.15, 0.2) is 31.8 Å². The van der Waals surface area contributed by atoms with Gasteiger partial charge in [0.05, 0.1) is 24.0 Å². The Morgan fingerprint density at radius 3 is 2.72 bits per heavy atom. The summed E-state index contributed by atoms with van der Waals surface area (Å²) in [6, 6.07) is 4.55. The third-order valence-corrected chi connectivity index (χ3v) is 5.06. The minimum atomic E-state index is -1.18. The van der Waals surface area contributed by atoms with E-state index < -0.39 is 11.6 Å². The Bertz CT molecular complexity index is 1090. The number of fused-ring (bicyclic) bond motifs is 3. The molecule has 8 nitrogen and oxygen atoms in total. The van der Waals surface area contributed by atoms with Crippen LogP contribution >= 0.6 is 0 Å². The van der Waals surface area contributed by atoms with Gasteiger partial charge >= 0.3 is 11.6 Å². The van der Waals surface area contributed by atoms with Gasteiger partial charge in [-0.2, -0.15) is 0 Å². The van der Waals surface area contributed by atoms with Crippen molar-refractivity contribution in [1.29, 1.82) is 0 Å². The van der Waals surface area contributed by atoms with Crippen molar-refractivity contribution in [2.75, 3.05) is 39.5 Å². The summed E-state index contributed by atoms with van der Waals surface area (Å²) in [5, 5.41) is 10.4. The number of furan rings is 1. The van der Waals surface area contributed by atoms with Crippen molar-refractivity contribution in [2.24, 2.45) is 0 Å². The standard InChI is InChI=1S/C21H23NO7/c1-2-3-13-10-18(23)29-20-14-11-17(21(24)25)28-15(14)12-16(19(13)20)27-9-6-22-4-7-26-8-5-22/h10-12H,2-9H2,1H3,(H,24,25). The molecule has 0 unspecified atom stereocenters. The highest BCUT2D eigenvalue weighted by Gasteiger charge is 2.20. The van der Waals surface area contributed by atoms with Crippen molar-refractivity contribution >= 4 is 27.9 Å². The molecule has 1 fully saturated rings. The summed E-state index contributed by atoms with van der Waals surface area (Å²) in [6.07, 6.45) is 1.52. The molecule has 3 aromatic rings. The lowest BCUT2D eigenvalue weighted by atomic mass is 10.0. The fourth-order valence-corrected chi connectivity index (χ4v) is 3.68. The number of rotatable bonds is 7. The van der Waals surface area contributed by atoms with Crippen LogP contribution in [0.4, 0.5) is 0 Å². The van der Waals surface area contributed by atoms with Crippen LogP contribution in [-0.2, 0) is 11.2 Å². The minimum Gasteiger partial charge on any atom is -0.491 e. The van der Waals surface area contributed by atoms with Crippen LogP contribution in [-0.4, -0.2) is 55.4 Å². The normalized spacial score (nSPS) is 15.2. The number of carboxylic acid groups (broad SMARTS) is 1. The molecule has 29 heavy (non-hydrogen) atoms. The second kappa shape index (κ2) is 8.26. The monoisotopic (exact) mass is 401 g/mol. The predicted molar refractivity (Wildman–Crippen MR) is 106 cm³/mol. The molecule has 154 valence electrons. The van der Waals surface area contributed by atoms with E-state index in [0.717, 1.165) is 31.6 Å². The maximum Gasteiger partial charge on any atom is 0.371 e.